The average Bonchev–Trinajstić information content (AvgIpc) is 3.28. The van der Waals surface area contributed by atoms with Gasteiger partial charge in [-0.1, -0.05) is 12.1 Å². The van der Waals surface area contributed by atoms with E-state index >= 15 is 0 Å². The molecule has 0 fully saturated rings. The molecule has 0 spiro atoms. The highest BCUT2D eigenvalue weighted by atomic mass is 32.1. The highest BCUT2D eigenvalue weighted by Crippen LogP contribution is 2.30. The number of urea groups is 1. The molecule has 1 atom stereocenters. The Hall–Kier alpha value is -2.81. The summed E-state index contributed by atoms with van der Waals surface area (Å²) in [7, 11) is 0. The number of halogens is 3. The van der Waals surface area contributed by atoms with E-state index in [1.807, 2.05) is 17.5 Å². The van der Waals surface area contributed by atoms with Gasteiger partial charge in [0.25, 0.3) is 0 Å². The standard InChI is InChI=1S/C17H15F3N4OS/c18-17(19,20)12-4-1-5-13(10-12)23-16(25)21-11-14(15-6-2-9-26-15)24-8-3-7-22-24/h1-10,14H,11H2,(H2,21,23,25)/t14-/m1/s1. The zero-order valence-electron chi connectivity index (χ0n) is 13.4. The van der Waals surface area contributed by atoms with E-state index in [1.165, 1.54) is 23.5 Å². The van der Waals surface area contributed by atoms with Gasteiger partial charge < -0.3 is 10.6 Å². The minimum atomic E-state index is -4.46. The molecule has 0 saturated carbocycles. The van der Waals surface area contributed by atoms with Crippen LogP contribution in [-0.4, -0.2) is 22.4 Å². The summed E-state index contributed by atoms with van der Waals surface area (Å²) in [5, 5.41) is 11.2. The number of benzene rings is 1. The van der Waals surface area contributed by atoms with Gasteiger partial charge in [0.1, 0.15) is 6.04 Å². The van der Waals surface area contributed by atoms with Crippen molar-refractivity contribution in [2.75, 3.05) is 11.9 Å². The molecule has 0 bridgehead atoms. The lowest BCUT2D eigenvalue weighted by molar-refractivity contribution is -0.137. The fourth-order valence-electron chi connectivity index (χ4n) is 2.41. The summed E-state index contributed by atoms with van der Waals surface area (Å²) in [6.45, 7) is 0.243. The van der Waals surface area contributed by atoms with Gasteiger partial charge in [0.05, 0.1) is 5.56 Å². The fourth-order valence-corrected chi connectivity index (χ4v) is 3.23. The first kappa shape index (κ1) is 18.0. The lowest BCUT2D eigenvalue weighted by Gasteiger charge is -2.17. The normalized spacial score (nSPS) is 12.6. The first-order chi connectivity index (χ1) is 12.4. The highest BCUT2D eigenvalue weighted by molar-refractivity contribution is 7.10. The van der Waals surface area contributed by atoms with Crippen LogP contribution in [0.15, 0.2) is 60.2 Å². The Kier molecular flexibility index (Phi) is 5.27. The molecule has 136 valence electrons. The van der Waals surface area contributed by atoms with Crippen molar-refractivity contribution >= 4 is 23.1 Å². The molecular weight excluding hydrogens is 365 g/mol. The molecular formula is C17H15F3N4OS. The first-order valence-corrected chi connectivity index (χ1v) is 8.56. The van der Waals surface area contributed by atoms with Gasteiger partial charge >= 0.3 is 12.2 Å². The van der Waals surface area contributed by atoms with Crippen molar-refractivity contribution in [3.8, 4) is 0 Å². The summed E-state index contributed by atoms with van der Waals surface area (Å²) in [5.74, 6) is 0. The molecule has 2 amide bonds. The molecule has 3 rings (SSSR count). The Morgan fingerprint density at radius 3 is 2.73 bits per heavy atom. The molecule has 3 aromatic rings. The minimum absolute atomic E-state index is 0.0732. The quantitative estimate of drug-likeness (QED) is 0.690. The van der Waals surface area contributed by atoms with Crippen LogP contribution < -0.4 is 10.6 Å². The van der Waals surface area contributed by atoms with E-state index in [1.54, 1.807) is 23.1 Å². The maximum absolute atomic E-state index is 12.7. The molecule has 1 aromatic carbocycles. The number of nitrogens with zero attached hydrogens (tertiary/aromatic N) is 2. The number of rotatable bonds is 5. The number of alkyl halides is 3. The number of thiophene rings is 1. The second-order valence-corrected chi connectivity index (χ2v) is 6.41. The van der Waals surface area contributed by atoms with Crippen LogP contribution in [0, 0.1) is 0 Å². The van der Waals surface area contributed by atoms with Gasteiger partial charge in [0.15, 0.2) is 0 Å². The molecule has 0 aliphatic heterocycles. The lowest BCUT2D eigenvalue weighted by Crippen LogP contribution is -2.34. The second-order valence-electron chi connectivity index (χ2n) is 5.43. The molecule has 0 unspecified atom stereocenters. The summed E-state index contributed by atoms with van der Waals surface area (Å²) in [5.41, 5.74) is -0.743. The van der Waals surface area contributed by atoms with Crippen molar-refractivity contribution in [3.05, 3.63) is 70.7 Å². The molecule has 0 saturated heterocycles. The third-order valence-corrected chi connectivity index (χ3v) is 4.59. The fraction of sp³-hybridized carbons (Fsp3) is 0.176. The smallest absolute Gasteiger partial charge is 0.335 e. The van der Waals surface area contributed by atoms with Crippen molar-refractivity contribution in [2.24, 2.45) is 0 Å². The number of aromatic nitrogens is 2. The molecule has 0 aliphatic carbocycles. The van der Waals surface area contributed by atoms with Crippen LogP contribution in [0.25, 0.3) is 0 Å². The van der Waals surface area contributed by atoms with Crippen molar-refractivity contribution in [1.29, 1.82) is 0 Å². The summed E-state index contributed by atoms with van der Waals surface area (Å²) >= 11 is 1.53. The number of anilines is 1. The number of carbonyl (C=O) groups excluding carboxylic acids is 1. The van der Waals surface area contributed by atoms with E-state index in [0.717, 1.165) is 17.0 Å². The van der Waals surface area contributed by atoms with Gasteiger partial charge in [0, 0.05) is 29.5 Å². The third-order valence-electron chi connectivity index (χ3n) is 3.62. The second kappa shape index (κ2) is 7.61. The van der Waals surface area contributed by atoms with Crippen LogP contribution in [-0.2, 0) is 6.18 Å². The zero-order chi connectivity index (χ0) is 18.6. The van der Waals surface area contributed by atoms with E-state index in [0.29, 0.717) is 0 Å². The molecule has 2 aromatic heterocycles. The Labute approximate surface area is 151 Å². The van der Waals surface area contributed by atoms with Crippen LogP contribution in [0.1, 0.15) is 16.5 Å². The van der Waals surface area contributed by atoms with Crippen LogP contribution in [0.2, 0.25) is 0 Å². The van der Waals surface area contributed by atoms with E-state index < -0.39 is 17.8 Å². The number of hydrogen-bond donors (Lipinski definition) is 2. The number of carbonyl (C=O) groups is 1. The van der Waals surface area contributed by atoms with Gasteiger partial charge in [-0.2, -0.15) is 18.3 Å². The third kappa shape index (κ3) is 4.42. The van der Waals surface area contributed by atoms with Crippen LogP contribution in [0.5, 0.6) is 0 Å². The maximum atomic E-state index is 12.7. The Morgan fingerprint density at radius 1 is 1.23 bits per heavy atom. The molecule has 0 aliphatic rings. The minimum Gasteiger partial charge on any atom is -0.335 e. The SMILES string of the molecule is O=C(NC[C@H](c1cccs1)n1cccn1)Nc1cccc(C(F)(F)F)c1. The molecule has 9 heteroatoms. The van der Waals surface area contributed by atoms with Gasteiger partial charge in [-0.25, -0.2) is 4.79 Å². The predicted octanol–water partition coefficient (Wildman–Crippen LogP) is 4.37. The number of hydrogen-bond acceptors (Lipinski definition) is 3. The van der Waals surface area contributed by atoms with Crippen LogP contribution in [0.3, 0.4) is 0 Å². The average molecular weight is 380 g/mol. The molecule has 2 heterocycles. The van der Waals surface area contributed by atoms with Gasteiger partial charge in [-0.3, -0.25) is 4.68 Å². The Morgan fingerprint density at radius 2 is 2.08 bits per heavy atom. The van der Waals surface area contributed by atoms with Gasteiger partial charge in [-0.15, -0.1) is 11.3 Å². The summed E-state index contributed by atoms with van der Waals surface area (Å²) in [6.07, 6.45) is -1.03. The molecule has 0 radical (unpaired) electrons. The summed E-state index contributed by atoms with van der Waals surface area (Å²) < 4.78 is 39.9. The lowest BCUT2D eigenvalue weighted by atomic mass is 10.2. The highest BCUT2D eigenvalue weighted by Gasteiger charge is 2.30. The van der Waals surface area contributed by atoms with Crippen molar-refractivity contribution in [2.45, 2.75) is 12.2 Å². The van der Waals surface area contributed by atoms with E-state index in [2.05, 4.69) is 15.7 Å². The Bertz CT molecular complexity index is 813. The van der Waals surface area contributed by atoms with E-state index in [9.17, 15) is 18.0 Å². The first-order valence-electron chi connectivity index (χ1n) is 7.68. The summed E-state index contributed by atoms with van der Waals surface area (Å²) in [6, 6.07) is 9.33. The monoisotopic (exact) mass is 380 g/mol. The van der Waals surface area contributed by atoms with E-state index in [4.69, 9.17) is 0 Å². The zero-order valence-corrected chi connectivity index (χ0v) is 14.2. The van der Waals surface area contributed by atoms with Gasteiger partial charge in [-0.05, 0) is 35.7 Å². The van der Waals surface area contributed by atoms with Crippen molar-refractivity contribution in [1.82, 2.24) is 15.1 Å². The molecule has 2 N–H and O–H groups in total. The van der Waals surface area contributed by atoms with Crippen molar-refractivity contribution < 1.29 is 18.0 Å². The summed E-state index contributed by atoms with van der Waals surface area (Å²) in [4.78, 5) is 13.1. The maximum Gasteiger partial charge on any atom is 0.416 e. The number of nitrogens with one attached hydrogen (secondary N) is 2. The van der Waals surface area contributed by atoms with Crippen LogP contribution >= 0.6 is 11.3 Å². The molecule has 5 nitrogen and oxygen atoms in total. The van der Waals surface area contributed by atoms with Crippen LogP contribution in [0.4, 0.5) is 23.7 Å². The molecule has 26 heavy (non-hydrogen) atoms. The van der Waals surface area contributed by atoms with Gasteiger partial charge in [0.2, 0.25) is 0 Å². The van der Waals surface area contributed by atoms with E-state index in [-0.39, 0.29) is 18.3 Å². The predicted molar refractivity (Wildman–Crippen MR) is 93.2 cm³/mol. The number of amides is 2. The Balaban J connectivity index is 1.64. The topological polar surface area (TPSA) is 59.0 Å². The largest absolute Gasteiger partial charge is 0.416 e. The van der Waals surface area contributed by atoms with Crippen molar-refractivity contribution in [3.63, 3.8) is 0 Å².